The van der Waals surface area contributed by atoms with Crippen molar-refractivity contribution in [1.29, 1.82) is 0 Å². The highest BCUT2D eigenvalue weighted by atomic mass is 16.5. The Balaban J connectivity index is 1.28. The topological polar surface area (TPSA) is 46.1 Å². The zero-order valence-corrected chi connectivity index (χ0v) is 16.7. The van der Waals surface area contributed by atoms with Crippen molar-refractivity contribution in [1.82, 2.24) is 10.2 Å². The molecular formula is C22H35N3O2. The number of aliphatic imine (C=N–C) groups is 1. The van der Waals surface area contributed by atoms with E-state index < -0.39 is 0 Å². The molecule has 0 amide bonds. The molecule has 1 saturated heterocycles. The Hall–Kier alpha value is -1.59. The minimum Gasteiger partial charge on any atom is -0.378 e. The van der Waals surface area contributed by atoms with Crippen LogP contribution in [0.4, 0.5) is 0 Å². The number of nitrogens with zero attached hydrogens (tertiary/aromatic N) is 2. The first-order valence-electron chi connectivity index (χ1n) is 10.5. The van der Waals surface area contributed by atoms with Gasteiger partial charge in [0.05, 0.1) is 19.3 Å². The standard InChI is InChI=1S/C22H35N3O2/c1-23-22(24-13-7-15-27-21-10-5-6-11-21)25-14-12-20(16-25)18-26-17-19-8-3-2-4-9-19/h2-4,8-9,20-21H,5-7,10-18H2,1H3,(H,23,24). The van der Waals surface area contributed by atoms with Crippen molar-refractivity contribution < 1.29 is 9.47 Å². The van der Waals surface area contributed by atoms with Crippen molar-refractivity contribution in [3.05, 3.63) is 35.9 Å². The Bertz CT molecular complexity index is 558. The van der Waals surface area contributed by atoms with Gasteiger partial charge in [0.2, 0.25) is 0 Å². The first-order valence-corrected chi connectivity index (χ1v) is 10.5. The van der Waals surface area contributed by atoms with Crippen LogP contribution in [0, 0.1) is 5.92 Å². The number of benzene rings is 1. The van der Waals surface area contributed by atoms with Gasteiger partial charge in [-0.2, -0.15) is 0 Å². The molecule has 2 aliphatic rings. The molecule has 1 aliphatic heterocycles. The van der Waals surface area contributed by atoms with Gasteiger partial charge in [-0.1, -0.05) is 43.2 Å². The third-order valence-electron chi connectivity index (χ3n) is 5.52. The molecule has 1 saturated carbocycles. The van der Waals surface area contributed by atoms with Crippen LogP contribution in [0.2, 0.25) is 0 Å². The van der Waals surface area contributed by atoms with Gasteiger partial charge in [-0.15, -0.1) is 0 Å². The molecule has 1 atom stereocenters. The molecule has 1 N–H and O–H groups in total. The molecule has 0 bridgehead atoms. The van der Waals surface area contributed by atoms with Crippen molar-refractivity contribution in [2.45, 2.75) is 51.2 Å². The summed E-state index contributed by atoms with van der Waals surface area (Å²) in [5.74, 6) is 1.60. The fourth-order valence-electron chi connectivity index (χ4n) is 3.99. The molecule has 0 radical (unpaired) electrons. The molecule has 0 spiro atoms. The monoisotopic (exact) mass is 373 g/mol. The highest BCUT2D eigenvalue weighted by Gasteiger charge is 2.24. The van der Waals surface area contributed by atoms with Crippen LogP contribution in [0.15, 0.2) is 35.3 Å². The number of guanidine groups is 1. The van der Waals surface area contributed by atoms with Crippen LogP contribution >= 0.6 is 0 Å². The molecule has 5 nitrogen and oxygen atoms in total. The van der Waals surface area contributed by atoms with Crippen LogP contribution in [0.1, 0.15) is 44.1 Å². The maximum Gasteiger partial charge on any atom is 0.193 e. The second-order valence-corrected chi connectivity index (χ2v) is 7.71. The van der Waals surface area contributed by atoms with E-state index in [0.29, 0.717) is 18.6 Å². The predicted octanol–water partition coefficient (Wildman–Crippen LogP) is 3.45. The highest BCUT2D eigenvalue weighted by Crippen LogP contribution is 2.21. The number of ether oxygens (including phenoxy) is 2. The SMILES string of the molecule is CN=C(NCCCOC1CCCC1)N1CCC(COCc2ccccc2)C1. The Morgan fingerprint density at radius 3 is 2.78 bits per heavy atom. The van der Waals surface area contributed by atoms with Gasteiger partial charge in [0.1, 0.15) is 0 Å². The zero-order chi connectivity index (χ0) is 18.7. The molecule has 1 heterocycles. The summed E-state index contributed by atoms with van der Waals surface area (Å²) in [5.41, 5.74) is 1.24. The van der Waals surface area contributed by atoms with Crippen LogP contribution < -0.4 is 5.32 Å². The molecule has 0 aromatic heterocycles. The number of rotatable bonds is 9. The quantitative estimate of drug-likeness (QED) is 0.409. The van der Waals surface area contributed by atoms with E-state index in [4.69, 9.17) is 9.47 Å². The van der Waals surface area contributed by atoms with E-state index in [2.05, 4.69) is 39.5 Å². The van der Waals surface area contributed by atoms with Gasteiger partial charge in [-0.3, -0.25) is 4.99 Å². The fraction of sp³-hybridized carbons (Fsp3) is 0.682. The second-order valence-electron chi connectivity index (χ2n) is 7.71. The van der Waals surface area contributed by atoms with Crippen molar-refractivity contribution in [3.8, 4) is 0 Å². The largest absolute Gasteiger partial charge is 0.378 e. The number of hydrogen-bond donors (Lipinski definition) is 1. The van der Waals surface area contributed by atoms with Gasteiger partial charge >= 0.3 is 0 Å². The van der Waals surface area contributed by atoms with E-state index in [1.165, 1.54) is 37.7 Å². The van der Waals surface area contributed by atoms with E-state index in [9.17, 15) is 0 Å². The van der Waals surface area contributed by atoms with Crippen molar-refractivity contribution in [2.24, 2.45) is 10.9 Å². The van der Waals surface area contributed by atoms with Crippen LogP contribution in [0.25, 0.3) is 0 Å². The van der Waals surface area contributed by atoms with Crippen LogP contribution in [0.3, 0.4) is 0 Å². The maximum atomic E-state index is 5.93. The van der Waals surface area contributed by atoms with Gasteiger partial charge in [0.25, 0.3) is 0 Å². The van der Waals surface area contributed by atoms with Crippen LogP contribution in [-0.2, 0) is 16.1 Å². The fourth-order valence-corrected chi connectivity index (χ4v) is 3.99. The van der Waals surface area contributed by atoms with E-state index >= 15 is 0 Å². The average Bonchev–Trinajstić information content (AvgIpc) is 3.38. The summed E-state index contributed by atoms with van der Waals surface area (Å²) < 4.78 is 11.9. The smallest absolute Gasteiger partial charge is 0.193 e. The minimum atomic E-state index is 0.513. The van der Waals surface area contributed by atoms with Crippen LogP contribution in [0.5, 0.6) is 0 Å². The molecule has 1 aromatic carbocycles. The van der Waals surface area contributed by atoms with E-state index in [1.54, 1.807) is 0 Å². The van der Waals surface area contributed by atoms with Gasteiger partial charge in [0.15, 0.2) is 5.96 Å². The molecule has 1 aromatic rings. The lowest BCUT2D eigenvalue weighted by atomic mass is 10.1. The lowest BCUT2D eigenvalue weighted by Gasteiger charge is -2.22. The lowest BCUT2D eigenvalue weighted by molar-refractivity contribution is 0.0573. The molecular weight excluding hydrogens is 338 g/mol. The second kappa shape index (κ2) is 11.3. The Morgan fingerprint density at radius 1 is 1.19 bits per heavy atom. The summed E-state index contributed by atoms with van der Waals surface area (Å²) in [7, 11) is 1.87. The minimum absolute atomic E-state index is 0.513. The molecule has 150 valence electrons. The third kappa shape index (κ3) is 6.82. The van der Waals surface area contributed by atoms with Gasteiger partial charge in [-0.25, -0.2) is 0 Å². The first kappa shape index (κ1) is 20.2. The zero-order valence-electron chi connectivity index (χ0n) is 16.7. The summed E-state index contributed by atoms with van der Waals surface area (Å²) in [6, 6.07) is 10.4. The first-order chi connectivity index (χ1) is 13.3. The van der Waals surface area contributed by atoms with Crippen molar-refractivity contribution in [3.63, 3.8) is 0 Å². The van der Waals surface area contributed by atoms with E-state index in [-0.39, 0.29) is 0 Å². The summed E-state index contributed by atoms with van der Waals surface area (Å²) >= 11 is 0. The van der Waals surface area contributed by atoms with Crippen molar-refractivity contribution in [2.75, 3.05) is 39.9 Å². The Morgan fingerprint density at radius 2 is 2.00 bits per heavy atom. The predicted molar refractivity (Wildman–Crippen MR) is 110 cm³/mol. The Kier molecular flexibility index (Phi) is 8.43. The van der Waals surface area contributed by atoms with Gasteiger partial charge < -0.3 is 19.7 Å². The maximum absolute atomic E-state index is 5.93. The molecule has 2 fully saturated rings. The normalized spacial score (nSPS) is 21.1. The lowest BCUT2D eigenvalue weighted by Crippen LogP contribution is -2.40. The van der Waals surface area contributed by atoms with E-state index in [1.807, 2.05) is 13.1 Å². The van der Waals surface area contributed by atoms with Crippen LogP contribution in [-0.4, -0.2) is 56.9 Å². The van der Waals surface area contributed by atoms with Gasteiger partial charge in [0, 0.05) is 39.2 Å². The molecule has 3 rings (SSSR count). The highest BCUT2D eigenvalue weighted by molar-refractivity contribution is 5.80. The number of likely N-dealkylation sites (tertiary alicyclic amines) is 1. The number of nitrogens with one attached hydrogen (secondary N) is 1. The number of hydrogen-bond acceptors (Lipinski definition) is 3. The average molecular weight is 374 g/mol. The van der Waals surface area contributed by atoms with Crippen molar-refractivity contribution >= 4 is 5.96 Å². The Labute approximate surface area is 164 Å². The molecule has 1 aliphatic carbocycles. The molecule has 27 heavy (non-hydrogen) atoms. The summed E-state index contributed by atoms with van der Waals surface area (Å²) in [6.45, 7) is 5.36. The van der Waals surface area contributed by atoms with Gasteiger partial charge in [-0.05, 0) is 31.2 Å². The van der Waals surface area contributed by atoms with E-state index in [0.717, 1.165) is 45.2 Å². The summed E-state index contributed by atoms with van der Waals surface area (Å²) in [5, 5.41) is 3.49. The summed E-state index contributed by atoms with van der Waals surface area (Å²) in [6.07, 6.45) is 7.88. The third-order valence-corrected chi connectivity index (χ3v) is 5.52. The molecule has 5 heteroatoms. The summed E-state index contributed by atoms with van der Waals surface area (Å²) in [4.78, 5) is 6.81. The molecule has 1 unspecified atom stereocenters.